The van der Waals surface area contributed by atoms with Gasteiger partial charge in [0.2, 0.25) is 17.7 Å². The molecule has 3 aromatic heterocycles. The van der Waals surface area contributed by atoms with Gasteiger partial charge in [-0.2, -0.15) is 0 Å². The van der Waals surface area contributed by atoms with Crippen molar-refractivity contribution in [2.45, 2.75) is 238 Å². The maximum Gasteiger partial charge on any atom is 0.322 e. The fraction of sp³-hybridized carbons (Fsp3) is 0.720. The first-order chi connectivity index (χ1) is 64.4. The Hall–Kier alpha value is -8.30. The second kappa shape index (κ2) is 40.8. The van der Waals surface area contributed by atoms with Crippen LogP contribution in [0.5, 0.6) is 17.2 Å². The zero-order valence-corrected chi connectivity index (χ0v) is 79.8. The van der Waals surface area contributed by atoms with Crippen LogP contribution in [0.25, 0.3) is 32.7 Å². The lowest BCUT2D eigenvalue weighted by Crippen LogP contribution is -2.56. The number of H-pyrrole nitrogens is 3. The highest BCUT2D eigenvalue weighted by Crippen LogP contribution is 2.64. The predicted molar refractivity (Wildman–Crippen MR) is 514 cm³/mol. The van der Waals surface area contributed by atoms with Crippen LogP contribution in [-0.4, -0.2) is 277 Å². The summed E-state index contributed by atoms with van der Waals surface area (Å²) in [7, 11) is 0. The van der Waals surface area contributed by atoms with Crippen molar-refractivity contribution in [3.05, 3.63) is 91.4 Å². The van der Waals surface area contributed by atoms with Crippen molar-refractivity contribution in [2.75, 3.05) is 138 Å². The van der Waals surface area contributed by atoms with Crippen molar-refractivity contribution in [2.24, 2.45) is 117 Å². The van der Waals surface area contributed by atoms with Crippen molar-refractivity contribution in [3.8, 4) is 17.2 Å². The van der Waals surface area contributed by atoms with Gasteiger partial charge >= 0.3 is 18.1 Å². The Morgan fingerprint density at radius 1 is 0.353 bits per heavy atom. The highest BCUT2D eigenvalue weighted by Gasteiger charge is 2.59. The number of nitrogens with two attached hydrogens (primary N) is 1. The molecule has 726 valence electrons. The van der Waals surface area contributed by atoms with Crippen molar-refractivity contribution < 1.29 is 63.4 Å². The standard InChI is InChI=1S/C37H54N4O4.C35H51N5O4.C35H50N4O5/c1-25(2)22-41(23-31(42)24-45-34-5-3-4-33-32(34)6-11-38-33)36(44)40-14-9-30(10-15-40)29-7-12-39(13-8-29)35(43)37-19-26-16-27(20-37)18-28(17-26)21-37;36-9-15-40(22-29(41)23-44-32-3-1-2-31-30(32)4-10-37-31)34(43)39-13-7-28(8-14-39)27-5-11-38(12-6-27)33(42)35-19-24-16-25(20-35)18-26(17-24)21-35;1-23(40)39(21-29(41)22-44-32-4-2-3-31-30(32)5-10-36-31)34(43)38-13-8-28(9-14-38)27-6-11-37(12-7-27)33(42)35-18-24-15-25(19-35)17-26(16-24)20-35/h3-6,11,25-31,38,42H,7-10,12-24H2,1-2H3;1-4,10,24-29,37,41H,5-9,11-23,36H2;2-5,10,23-29,36,40-41H,6-9,11-22H2,1H3. The number of aliphatic hydroxyl groups excluding tert-OH is 4. The number of fused-ring (bicyclic) bond motifs is 3. The summed E-state index contributed by atoms with van der Waals surface area (Å²) in [6, 6.07) is 23.0. The van der Waals surface area contributed by atoms with Crippen LogP contribution in [0.4, 0.5) is 14.4 Å². The average molecular weight is 1830 g/mol. The molecule has 9 heterocycles. The van der Waals surface area contributed by atoms with E-state index < -0.39 is 24.5 Å². The lowest BCUT2D eigenvalue weighted by molar-refractivity contribution is -0.159. The number of amides is 9. The maximum atomic E-state index is 13.9. The van der Waals surface area contributed by atoms with E-state index in [2.05, 4.69) is 43.5 Å². The molecule has 0 spiro atoms. The monoisotopic (exact) mass is 1830 g/mol. The normalized spacial score (nSPS) is 29.9. The van der Waals surface area contributed by atoms with Crippen LogP contribution in [0.3, 0.4) is 0 Å². The largest absolute Gasteiger partial charge is 0.490 e. The molecule has 12 bridgehead atoms. The molecule has 26 heteroatoms. The Bertz CT molecular complexity index is 4830. The van der Waals surface area contributed by atoms with Crippen molar-refractivity contribution in [1.82, 2.24) is 59.1 Å². The number of rotatable bonds is 26. The molecule has 18 aliphatic rings. The Kier molecular flexibility index (Phi) is 28.7. The van der Waals surface area contributed by atoms with Crippen LogP contribution < -0.4 is 19.9 Å². The minimum absolute atomic E-state index is 0.00421. The molecule has 0 radical (unpaired) electrons. The van der Waals surface area contributed by atoms with Gasteiger partial charge in [-0.3, -0.25) is 19.3 Å². The van der Waals surface area contributed by atoms with Crippen molar-refractivity contribution >= 4 is 68.5 Å². The molecule has 6 saturated heterocycles. The van der Waals surface area contributed by atoms with E-state index in [-0.39, 0.29) is 73.8 Å². The van der Waals surface area contributed by atoms with Crippen molar-refractivity contribution in [3.63, 3.8) is 0 Å². The third kappa shape index (κ3) is 20.8. The van der Waals surface area contributed by atoms with Gasteiger partial charge in [0.15, 0.2) is 0 Å². The molecule has 6 aromatic rings. The lowest BCUT2D eigenvalue weighted by atomic mass is 9.49. The fourth-order valence-corrected chi connectivity index (χ4v) is 30.6. The Morgan fingerprint density at radius 3 is 0.880 bits per heavy atom. The highest BCUT2D eigenvalue weighted by molar-refractivity contribution is 5.89. The highest BCUT2D eigenvalue weighted by atomic mass is 16.5. The topological polar surface area (TPSA) is 314 Å². The third-order valence-corrected chi connectivity index (χ3v) is 35.8. The molecule has 12 aliphatic carbocycles. The van der Waals surface area contributed by atoms with Gasteiger partial charge in [-0.05, 0) is 349 Å². The van der Waals surface area contributed by atoms with Crippen LogP contribution in [0.2, 0.25) is 0 Å². The molecule has 12 saturated carbocycles. The van der Waals surface area contributed by atoms with E-state index in [1.165, 1.54) is 62.7 Å². The summed E-state index contributed by atoms with van der Waals surface area (Å²) < 4.78 is 17.8. The summed E-state index contributed by atoms with van der Waals surface area (Å²) in [5.41, 5.74) is 8.71. The number of carbonyl (C=O) groups excluding carboxylic acids is 6. The molecule has 9 amide bonds. The van der Waals surface area contributed by atoms with Gasteiger partial charge in [-0.25, -0.2) is 14.4 Å². The van der Waals surface area contributed by atoms with Crippen LogP contribution in [0, 0.1) is 111 Å². The minimum Gasteiger partial charge on any atom is -0.490 e. The SMILES string of the molecule is CC(C)CN(CC(O)COc1cccc2[nH]ccc12)C(=O)N1CCC(C2CCN(C(=O)C34CC5CC(CC(C5)C3)C4)CC2)CC1.CC(O)N(CC(O)COc1cccc2[nH]ccc12)C(=O)N1CCC(C2CCN(C(=O)C34CC5CC(CC(C5)C3)C4)CC2)CC1.NCCN(CC(O)COc1cccc2[nH]ccc12)C(=O)N1CCC(C2CCN(C(=O)C34CC5CC(CC(C5)C3)C4)CC2)CC1. The van der Waals surface area contributed by atoms with Gasteiger partial charge in [0.25, 0.3) is 0 Å². The molecule has 18 fully saturated rings. The molecule has 133 heavy (non-hydrogen) atoms. The number of carbonyl (C=O) groups is 6. The number of ether oxygens (including phenoxy) is 3. The third-order valence-electron chi connectivity index (χ3n) is 35.8. The predicted octanol–water partition coefficient (Wildman–Crippen LogP) is 15.4. The Balaban J connectivity index is 0.000000129. The quantitative estimate of drug-likeness (QED) is 0.0234. The zero-order chi connectivity index (χ0) is 91.8. The van der Waals surface area contributed by atoms with Gasteiger partial charge in [0, 0.05) is 149 Å². The van der Waals surface area contributed by atoms with E-state index in [9.17, 15) is 49.2 Å². The summed E-state index contributed by atoms with van der Waals surface area (Å²) in [4.78, 5) is 109. The second-order valence-electron chi connectivity index (χ2n) is 45.6. The first-order valence-corrected chi connectivity index (χ1v) is 52.4. The van der Waals surface area contributed by atoms with Crippen LogP contribution in [0.15, 0.2) is 91.4 Å². The number of nitrogens with one attached hydrogen (secondary N) is 3. The van der Waals surface area contributed by atoms with Crippen LogP contribution in [0.1, 0.15) is 213 Å². The van der Waals surface area contributed by atoms with E-state index >= 15 is 0 Å². The van der Waals surface area contributed by atoms with Crippen LogP contribution in [-0.2, 0) is 14.4 Å². The Labute approximate surface area is 787 Å². The molecular formula is C107H155N13O13. The first-order valence-electron chi connectivity index (χ1n) is 52.4. The fourth-order valence-electron chi connectivity index (χ4n) is 30.6. The number of piperidine rings is 6. The second-order valence-corrected chi connectivity index (χ2v) is 45.6. The number of benzene rings is 3. The molecule has 3 aromatic carbocycles. The number of aromatic amines is 3. The minimum atomic E-state index is -1.01. The number of aliphatic hydroxyl groups is 4. The van der Waals surface area contributed by atoms with Gasteiger partial charge < -0.3 is 94.5 Å². The number of aromatic nitrogens is 3. The number of likely N-dealkylation sites (tertiary alicyclic amines) is 6. The maximum absolute atomic E-state index is 13.9. The number of hydrogen-bond acceptors (Lipinski definition) is 14. The van der Waals surface area contributed by atoms with Crippen LogP contribution >= 0.6 is 0 Å². The van der Waals surface area contributed by atoms with Gasteiger partial charge in [0.1, 0.15) is 61.6 Å². The molecule has 26 nitrogen and oxygen atoms in total. The smallest absolute Gasteiger partial charge is 0.322 e. The molecule has 24 rings (SSSR count). The summed E-state index contributed by atoms with van der Waals surface area (Å²) in [6.45, 7) is 17.6. The zero-order valence-electron chi connectivity index (χ0n) is 79.8. The lowest BCUT2D eigenvalue weighted by Gasteiger charge is -2.57. The molecule has 9 N–H and O–H groups in total. The van der Waals surface area contributed by atoms with E-state index in [1.807, 2.05) is 111 Å². The first kappa shape index (κ1) is 93.7. The van der Waals surface area contributed by atoms with E-state index in [0.717, 1.165) is 292 Å². The molecule has 4 atom stereocenters. The average Bonchev–Trinajstić information content (AvgIpc) is 1.66. The van der Waals surface area contributed by atoms with Gasteiger partial charge in [0.05, 0.1) is 35.9 Å². The number of urea groups is 3. The van der Waals surface area contributed by atoms with E-state index in [4.69, 9.17) is 19.9 Å². The van der Waals surface area contributed by atoms with E-state index in [1.54, 1.807) is 11.8 Å². The summed E-state index contributed by atoms with van der Waals surface area (Å²) >= 11 is 0. The summed E-state index contributed by atoms with van der Waals surface area (Å²) in [5.74, 6) is 14.8. The molecule has 6 aliphatic heterocycles. The van der Waals surface area contributed by atoms with E-state index in [0.29, 0.717) is 103 Å². The van der Waals surface area contributed by atoms with Gasteiger partial charge in [-0.1, -0.05) is 32.0 Å². The van der Waals surface area contributed by atoms with Gasteiger partial charge in [-0.15, -0.1) is 0 Å². The summed E-state index contributed by atoms with van der Waals surface area (Å²) in [5, 5.41) is 45.8. The summed E-state index contributed by atoms with van der Waals surface area (Å²) in [6.07, 6.45) is 37.3. The number of hydrogen-bond donors (Lipinski definition) is 8. The Morgan fingerprint density at radius 2 is 0.609 bits per heavy atom. The van der Waals surface area contributed by atoms with Crippen molar-refractivity contribution in [1.29, 1.82) is 0 Å². The number of nitrogens with zero attached hydrogens (tertiary/aromatic N) is 9. The molecular weight excluding hydrogens is 1680 g/mol. The molecule has 4 unspecified atom stereocenters.